The third-order valence-electron chi connectivity index (χ3n) is 10.2. The molecule has 144 valence electrons. The number of fused-ring (bicyclic) bond motifs is 5. The summed E-state index contributed by atoms with van der Waals surface area (Å²) in [5, 5.41) is 0. The molecule has 0 aliphatic heterocycles. The third kappa shape index (κ3) is 2.64. The molecule has 2 nitrogen and oxygen atoms in total. The van der Waals surface area contributed by atoms with Gasteiger partial charge < -0.3 is 10.6 Å². The van der Waals surface area contributed by atoms with Crippen LogP contribution in [0.2, 0.25) is 0 Å². The molecule has 0 radical (unpaired) electrons. The minimum atomic E-state index is 0.486. The van der Waals surface area contributed by atoms with Gasteiger partial charge in [0.2, 0.25) is 0 Å². The molecule has 9 atom stereocenters. The summed E-state index contributed by atoms with van der Waals surface area (Å²) >= 11 is 0. The van der Waals surface area contributed by atoms with Gasteiger partial charge in [-0.25, -0.2) is 0 Å². The molecule has 4 fully saturated rings. The van der Waals surface area contributed by atoms with Gasteiger partial charge in [0, 0.05) is 12.1 Å². The zero-order chi connectivity index (χ0) is 18.0. The lowest BCUT2D eigenvalue weighted by atomic mass is 9.44. The maximum absolute atomic E-state index is 6.35. The molecule has 0 bridgehead atoms. The molecule has 4 aliphatic rings. The van der Waals surface area contributed by atoms with Crippen LogP contribution in [0.4, 0.5) is 0 Å². The van der Waals surface area contributed by atoms with E-state index in [9.17, 15) is 0 Å². The van der Waals surface area contributed by atoms with Crippen LogP contribution in [-0.2, 0) is 0 Å². The summed E-state index contributed by atoms with van der Waals surface area (Å²) in [7, 11) is 4.56. The molecule has 0 amide bonds. The minimum Gasteiger partial charge on any atom is -0.328 e. The Morgan fingerprint density at radius 1 is 0.880 bits per heavy atom. The van der Waals surface area contributed by atoms with Crippen LogP contribution in [0, 0.1) is 40.4 Å². The fourth-order valence-electron chi connectivity index (χ4n) is 8.48. The summed E-state index contributed by atoms with van der Waals surface area (Å²) in [6, 6.07) is 1.21. The number of hydrogen-bond donors (Lipinski definition) is 1. The predicted octanol–water partition coefficient (Wildman–Crippen LogP) is 4.92. The summed E-state index contributed by atoms with van der Waals surface area (Å²) in [4.78, 5) is 2.48. The van der Waals surface area contributed by atoms with Gasteiger partial charge in [0.15, 0.2) is 0 Å². The highest BCUT2D eigenvalue weighted by Gasteiger charge is 2.60. The van der Waals surface area contributed by atoms with Gasteiger partial charge in [-0.15, -0.1) is 0 Å². The van der Waals surface area contributed by atoms with E-state index in [4.69, 9.17) is 5.73 Å². The lowest BCUT2D eigenvalue weighted by Gasteiger charge is -2.61. The summed E-state index contributed by atoms with van der Waals surface area (Å²) in [6.07, 6.45) is 12.9. The van der Waals surface area contributed by atoms with E-state index in [-0.39, 0.29) is 0 Å². The van der Waals surface area contributed by atoms with Crippen molar-refractivity contribution in [3.05, 3.63) is 0 Å². The molecule has 4 aliphatic carbocycles. The molecule has 0 aromatic rings. The van der Waals surface area contributed by atoms with Crippen molar-refractivity contribution in [3.8, 4) is 0 Å². The fourth-order valence-corrected chi connectivity index (χ4v) is 8.48. The van der Waals surface area contributed by atoms with Gasteiger partial charge in [-0.1, -0.05) is 13.8 Å². The van der Waals surface area contributed by atoms with Crippen LogP contribution in [0.15, 0.2) is 0 Å². The van der Waals surface area contributed by atoms with Crippen molar-refractivity contribution in [2.45, 2.75) is 90.6 Å². The van der Waals surface area contributed by atoms with Crippen molar-refractivity contribution in [3.63, 3.8) is 0 Å². The molecule has 0 aromatic carbocycles. The summed E-state index contributed by atoms with van der Waals surface area (Å²) in [5.74, 6) is 4.81. The van der Waals surface area contributed by atoms with Gasteiger partial charge in [0.1, 0.15) is 0 Å². The molecule has 0 saturated heterocycles. The molecule has 0 aromatic heterocycles. The Labute approximate surface area is 156 Å². The zero-order valence-corrected chi connectivity index (χ0v) is 17.4. The Balaban J connectivity index is 1.58. The lowest BCUT2D eigenvalue weighted by Crippen LogP contribution is -2.55. The Hall–Kier alpha value is -0.0800. The van der Waals surface area contributed by atoms with Crippen LogP contribution < -0.4 is 5.73 Å². The van der Waals surface area contributed by atoms with E-state index in [2.05, 4.69) is 39.8 Å². The van der Waals surface area contributed by atoms with Crippen molar-refractivity contribution >= 4 is 0 Å². The van der Waals surface area contributed by atoms with Crippen molar-refractivity contribution in [1.82, 2.24) is 4.90 Å². The van der Waals surface area contributed by atoms with E-state index in [1.807, 2.05) is 0 Å². The minimum absolute atomic E-state index is 0.486. The van der Waals surface area contributed by atoms with Gasteiger partial charge in [0.25, 0.3) is 0 Å². The third-order valence-corrected chi connectivity index (χ3v) is 10.2. The quantitative estimate of drug-likeness (QED) is 0.768. The van der Waals surface area contributed by atoms with E-state index in [0.717, 1.165) is 35.6 Å². The van der Waals surface area contributed by atoms with Crippen LogP contribution in [0.5, 0.6) is 0 Å². The number of nitrogens with zero attached hydrogens (tertiary/aromatic N) is 1. The van der Waals surface area contributed by atoms with E-state index in [1.165, 1.54) is 57.8 Å². The van der Waals surface area contributed by atoms with E-state index >= 15 is 0 Å². The number of nitrogens with two attached hydrogens (primary N) is 1. The molecule has 0 heterocycles. The summed E-state index contributed by atoms with van der Waals surface area (Å²) < 4.78 is 0. The second-order valence-electron chi connectivity index (χ2n) is 11.1. The maximum atomic E-state index is 6.35. The topological polar surface area (TPSA) is 29.3 Å². The first-order chi connectivity index (χ1) is 11.8. The molecule has 0 spiro atoms. The Morgan fingerprint density at radius 2 is 1.56 bits per heavy atom. The van der Waals surface area contributed by atoms with Crippen molar-refractivity contribution in [1.29, 1.82) is 0 Å². The predicted molar refractivity (Wildman–Crippen MR) is 106 cm³/mol. The Morgan fingerprint density at radius 3 is 2.28 bits per heavy atom. The monoisotopic (exact) mass is 346 g/mol. The van der Waals surface area contributed by atoms with Crippen LogP contribution in [0.25, 0.3) is 0 Å². The first kappa shape index (κ1) is 18.3. The van der Waals surface area contributed by atoms with Gasteiger partial charge in [-0.3, -0.25) is 0 Å². The molecule has 1 unspecified atom stereocenters. The largest absolute Gasteiger partial charge is 0.328 e. The molecular weight excluding hydrogens is 304 g/mol. The Bertz CT molecular complexity index is 502. The standard InChI is InChI=1S/C23H42N2/c1-15(25(4)5)19-8-9-20-18-7-6-16-14-17(24)10-12-22(16,2)21(18)11-13-23(19,20)3/h15-21H,6-14,24H2,1-5H3/t15?,16-,17-,18-,19+,20-,21-,22-,23+/m0/s1. The van der Waals surface area contributed by atoms with E-state index < -0.39 is 0 Å². The zero-order valence-electron chi connectivity index (χ0n) is 17.4. The van der Waals surface area contributed by atoms with Crippen LogP contribution >= 0.6 is 0 Å². The second-order valence-corrected chi connectivity index (χ2v) is 11.1. The van der Waals surface area contributed by atoms with E-state index in [0.29, 0.717) is 16.9 Å². The van der Waals surface area contributed by atoms with Crippen molar-refractivity contribution in [2.24, 2.45) is 46.2 Å². The highest BCUT2D eigenvalue weighted by molar-refractivity contribution is 5.10. The number of hydrogen-bond acceptors (Lipinski definition) is 2. The van der Waals surface area contributed by atoms with Crippen molar-refractivity contribution < 1.29 is 0 Å². The van der Waals surface area contributed by atoms with Gasteiger partial charge in [-0.05, 0) is 119 Å². The summed E-state index contributed by atoms with van der Waals surface area (Å²) in [5.41, 5.74) is 7.55. The van der Waals surface area contributed by atoms with Crippen LogP contribution in [0.1, 0.15) is 78.6 Å². The smallest absolute Gasteiger partial charge is 0.00944 e. The average Bonchev–Trinajstić information content (AvgIpc) is 2.92. The highest BCUT2D eigenvalue weighted by Crippen LogP contribution is 2.67. The molecule has 2 N–H and O–H groups in total. The fraction of sp³-hybridized carbons (Fsp3) is 1.00. The second kappa shape index (κ2) is 6.23. The summed E-state index contributed by atoms with van der Waals surface area (Å²) in [6.45, 7) is 7.82. The molecule has 2 heteroatoms. The first-order valence-corrected chi connectivity index (χ1v) is 11.2. The SMILES string of the molecule is CC([C@H]1CC[C@H]2[C@@H]3CC[C@H]4C[C@@H](N)CC[C@]4(C)[C@H]3CC[C@]12C)N(C)C. The molecule has 4 rings (SSSR count). The van der Waals surface area contributed by atoms with Crippen LogP contribution in [-0.4, -0.2) is 31.1 Å². The average molecular weight is 347 g/mol. The molecular formula is C23H42N2. The van der Waals surface area contributed by atoms with Gasteiger partial charge >= 0.3 is 0 Å². The number of rotatable bonds is 2. The highest BCUT2D eigenvalue weighted by atomic mass is 15.1. The molecule has 25 heavy (non-hydrogen) atoms. The lowest BCUT2D eigenvalue weighted by molar-refractivity contribution is -0.116. The van der Waals surface area contributed by atoms with Gasteiger partial charge in [0.05, 0.1) is 0 Å². The van der Waals surface area contributed by atoms with Gasteiger partial charge in [-0.2, -0.15) is 0 Å². The molecule has 4 saturated carbocycles. The Kier molecular flexibility index (Phi) is 4.56. The van der Waals surface area contributed by atoms with Crippen LogP contribution in [0.3, 0.4) is 0 Å². The maximum Gasteiger partial charge on any atom is 0.00944 e. The van der Waals surface area contributed by atoms with Crippen molar-refractivity contribution in [2.75, 3.05) is 14.1 Å². The van der Waals surface area contributed by atoms with E-state index in [1.54, 1.807) is 0 Å². The normalized spacial score (nSPS) is 53.9. The first-order valence-electron chi connectivity index (χ1n) is 11.2.